The summed E-state index contributed by atoms with van der Waals surface area (Å²) in [5, 5.41) is 4.37. The summed E-state index contributed by atoms with van der Waals surface area (Å²) in [4.78, 5) is 8.51. The van der Waals surface area contributed by atoms with Crippen LogP contribution in [0, 0.1) is 0 Å². The first-order chi connectivity index (χ1) is 7.83. The summed E-state index contributed by atoms with van der Waals surface area (Å²) in [6.07, 6.45) is 5.36. The lowest BCUT2D eigenvalue weighted by Gasteiger charge is -1.93. The molecule has 0 aliphatic rings. The fourth-order valence-electron chi connectivity index (χ4n) is 1.49. The second kappa shape index (κ2) is 3.68. The smallest absolute Gasteiger partial charge is 0.183 e. The summed E-state index contributed by atoms with van der Waals surface area (Å²) >= 11 is 3.38. The number of hydrogen-bond donors (Lipinski definition) is 0. The zero-order valence-corrected chi connectivity index (χ0v) is 9.79. The number of nitrogens with zero attached hydrogens (tertiary/aromatic N) is 4. The molecular formula is C11H7BrN4. The Bertz CT molecular complexity index is 614. The van der Waals surface area contributed by atoms with Crippen LogP contribution in [0.3, 0.4) is 0 Å². The Kier molecular flexibility index (Phi) is 2.18. The van der Waals surface area contributed by atoms with Crippen LogP contribution in [-0.2, 0) is 0 Å². The molecular weight excluding hydrogens is 268 g/mol. The molecule has 0 atom stereocenters. The summed E-state index contributed by atoms with van der Waals surface area (Å²) in [5.74, 6) is 0.681. The monoisotopic (exact) mass is 274 g/mol. The van der Waals surface area contributed by atoms with Gasteiger partial charge in [-0.25, -0.2) is 9.50 Å². The molecule has 3 aromatic rings. The van der Waals surface area contributed by atoms with Crippen molar-refractivity contribution >= 4 is 21.6 Å². The van der Waals surface area contributed by atoms with E-state index in [0.717, 1.165) is 15.7 Å². The van der Waals surface area contributed by atoms with Crippen molar-refractivity contribution in [3.8, 4) is 11.4 Å². The second-order valence-electron chi connectivity index (χ2n) is 3.33. The molecule has 5 heteroatoms. The molecule has 4 nitrogen and oxygen atoms in total. The van der Waals surface area contributed by atoms with Crippen LogP contribution in [0.1, 0.15) is 0 Å². The van der Waals surface area contributed by atoms with Gasteiger partial charge in [-0.2, -0.15) is 0 Å². The number of fused-ring (bicyclic) bond motifs is 1. The van der Waals surface area contributed by atoms with Crippen molar-refractivity contribution in [3.05, 3.63) is 47.3 Å². The Morgan fingerprint density at radius 2 is 2.12 bits per heavy atom. The summed E-state index contributed by atoms with van der Waals surface area (Å²) in [5.41, 5.74) is 1.73. The summed E-state index contributed by atoms with van der Waals surface area (Å²) in [6.45, 7) is 0. The average Bonchev–Trinajstić information content (AvgIpc) is 2.72. The van der Waals surface area contributed by atoms with E-state index in [0.29, 0.717) is 5.82 Å². The molecule has 3 aromatic heterocycles. The molecule has 0 radical (unpaired) electrons. The molecule has 0 saturated carbocycles. The number of halogens is 1. The van der Waals surface area contributed by atoms with E-state index in [4.69, 9.17) is 0 Å². The summed E-state index contributed by atoms with van der Waals surface area (Å²) in [7, 11) is 0. The highest BCUT2D eigenvalue weighted by molar-refractivity contribution is 9.10. The van der Waals surface area contributed by atoms with Gasteiger partial charge in [0, 0.05) is 28.6 Å². The predicted molar refractivity (Wildman–Crippen MR) is 63.9 cm³/mol. The topological polar surface area (TPSA) is 43.1 Å². The summed E-state index contributed by atoms with van der Waals surface area (Å²) < 4.78 is 2.67. The molecule has 0 saturated heterocycles. The van der Waals surface area contributed by atoms with E-state index < -0.39 is 0 Å². The molecule has 78 valence electrons. The fraction of sp³-hybridized carbons (Fsp3) is 0. The van der Waals surface area contributed by atoms with Gasteiger partial charge in [0.1, 0.15) is 0 Å². The van der Waals surface area contributed by atoms with Gasteiger partial charge in [0.15, 0.2) is 11.5 Å². The SMILES string of the molecule is Brc1cncc(-c2nc3ccccn3n2)c1. The molecule has 0 aromatic carbocycles. The molecule has 0 spiro atoms. The molecule has 0 fully saturated rings. The van der Waals surface area contributed by atoms with Gasteiger partial charge in [0.2, 0.25) is 0 Å². The minimum atomic E-state index is 0.681. The quantitative estimate of drug-likeness (QED) is 0.685. The highest BCUT2D eigenvalue weighted by atomic mass is 79.9. The molecule has 16 heavy (non-hydrogen) atoms. The molecule has 0 bridgehead atoms. The van der Waals surface area contributed by atoms with Crippen molar-refractivity contribution < 1.29 is 0 Å². The van der Waals surface area contributed by atoms with Gasteiger partial charge < -0.3 is 0 Å². The molecule has 0 N–H and O–H groups in total. The Morgan fingerprint density at radius 1 is 1.19 bits per heavy atom. The molecule has 0 unspecified atom stereocenters. The van der Waals surface area contributed by atoms with Crippen LogP contribution in [-0.4, -0.2) is 19.6 Å². The van der Waals surface area contributed by atoms with Crippen molar-refractivity contribution in [1.29, 1.82) is 0 Å². The minimum absolute atomic E-state index is 0.681. The highest BCUT2D eigenvalue weighted by Crippen LogP contribution is 2.18. The zero-order chi connectivity index (χ0) is 11.0. The van der Waals surface area contributed by atoms with Crippen LogP contribution >= 0.6 is 15.9 Å². The lowest BCUT2D eigenvalue weighted by molar-refractivity contribution is 0.965. The zero-order valence-electron chi connectivity index (χ0n) is 8.21. The predicted octanol–water partition coefficient (Wildman–Crippen LogP) is 2.55. The largest absolute Gasteiger partial charge is 0.263 e. The third-order valence-electron chi connectivity index (χ3n) is 2.20. The Labute approximate surface area is 100 Å². The van der Waals surface area contributed by atoms with E-state index in [1.54, 1.807) is 16.9 Å². The maximum atomic E-state index is 4.42. The second-order valence-corrected chi connectivity index (χ2v) is 4.25. The van der Waals surface area contributed by atoms with Gasteiger partial charge in [-0.3, -0.25) is 4.98 Å². The lowest BCUT2D eigenvalue weighted by Crippen LogP contribution is -1.85. The van der Waals surface area contributed by atoms with E-state index in [1.807, 2.05) is 30.5 Å². The first-order valence-electron chi connectivity index (χ1n) is 4.75. The minimum Gasteiger partial charge on any atom is -0.263 e. The lowest BCUT2D eigenvalue weighted by atomic mass is 10.3. The summed E-state index contributed by atoms with van der Waals surface area (Å²) in [6, 6.07) is 7.72. The average molecular weight is 275 g/mol. The van der Waals surface area contributed by atoms with Gasteiger partial charge in [-0.1, -0.05) is 6.07 Å². The van der Waals surface area contributed by atoms with Gasteiger partial charge in [0.05, 0.1) is 0 Å². The van der Waals surface area contributed by atoms with Crippen molar-refractivity contribution in [2.24, 2.45) is 0 Å². The Hall–Kier alpha value is -1.75. The first kappa shape index (κ1) is 9.47. The number of hydrogen-bond acceptors (Lipinski definition) is 3. The normalized spacial score (nSPS) is 10.8. The number of pyridine rings is 2. The van der Waals surface area contributed by atoms with E-state index in [2.05, 4.69) is 31.0 Å². The van der Waals surface area contributed by atoms with Gasteiger partial charge in [-0.05, 0) is 34.1 Å². The van der Waals surface area contributed by atoms with Crippen molar-refractivity contribution in [1.82, 2.24) is 19.6 Å². The standard InChI is InChI=1S/C11H7BrN4/c12-9-5-8(6-13-7-9)11-14-10-3-1-2-4-16(10)15-11/h1-7H. The van der Waals surface area contributed by atoms with Crippen LogP contribution < -0.4 is 0 Å². The maximum absolute atomic E-state index is 4.42. The number of aromatic nitrogens is 4. The Morgan fingerprint density at radius 3 is 2.94 bits per heavy atom. The van der Waals surface area contributed by atoms with Gasteiger partial charge in [0.25, 0.3) is 0 Å². The van der Waals surface area contributed by atoms with Crippen molar-refractivity contribution in [2.75, 3.05) is 0 Å². The van der Waals surface area contributed by atoms with Crippen LogP contribution in [0.5, 0.6) is 0 Å². The fourth-order valence-corrected chi connectivity index (χ4v) is 1.85. The van der Waals surface area contributed by atoms with E-state index >= 15 is 0 Å². The molecule has 0 aliphatic heterocycles. The third-order valence-corrected chi connectivity index (χ3v) is 2.64. The van der Waals surface area contributed by atoms with Gasteiger partial charge >= 0.3 is 0 Å². The highest BCUT2D eigenvalue weighted by Gasteiger charge is 2.06. The van der Waals surface area contributed by atoms with Crippen molar-refractivity contribution in [3.63, 3.8) is 0 Å². The first-order valence-corrected chi connectivity index (χ1v) is 5.54. The van der Waals surface area contributed by atoms with Crippen LogP contribution in [0.4, 0.5) is 0 Å². The molecule has 0 amide bonds. The van der Waals surface area contributed by atoms with Crippen LogP contribution in [0.25, 0.3) is 17.0 Å². The molecule has 3 heterocycles. The Balaban J connectivity index is 2.19. The van der Waals surface area contributed by atoms with Crippen molar-refractivity contribution in [2.45, 2.75) is 0 Å². The molecule has 3 rings (SSSR count). The van der Waals surface area contributed by atoms with Gasteiger partial charge in [-0.15, -0.1) is 5.10 Å². The van der Waals surface area contributed by atoms with E-state index in [9.17, 15) is 0 Å². The molecule has 0 aliphatic carbocycles. The van der Waals surface area contributed by atoms with E-state index in [1.165, 1.54) is 0 Å². The van der Waals surface area contributed by atoms with E-state index in [-0.39, 0.29) is 0 Å². The maximum Gasteiger partial charge on any atom is 0.183 e. The van der Waals surface area contributed by atoms with Crippen LogP contribution in [0.2, 0.25) is 0 Å². The third kappa shape index (κ3) is 1.59. The van der Waals surface area contributed by atoms with Crippen LogP contribution in [0.15, 0.2) is 47.3 Å². The number of rotatable bonds is 1.